The second kappa shape index (κ2) is 6.98. The molecule has 0 spiro atoms. The molecule has 0 unspecified atom stereocenters. The molecule has 0 N–H and O–H groups in total. The summed E-state index contributed by atoms with van der Waals surface area (Å²) in [5.41, 5.74) is 1.28. The molecule has 6 rings (SSSR count). The van der Waals surface area contributed by atoms with Gasteiger partial charge in [0, 0.05) is 23.6 Å². The predicted octanol–water partition coefficient (Wildman–Crippen LogP) is 5.75. The highest BCUT2D eigenvalue weighted by molar-refractivity contribution is 6.63. The zero-order valence-electron chi connectivity index (χ0n) is 21.7. The average Bonchev–Trinajstić information content (AvgIpc) is 2.83. The van der Waals surface area contributed by atoms with Crippen LogP contribution in [-0.2, 0) is 19.5 Å². The van der Waals surface area contributed by atoms with Gasteiger partial charge in [-0.1, -0.05) is 20.8 Å². The molecule has 0 radical (unpaired) electrons. The quantitative estimate of drug-likeness (QED) is 0.416. The normalized spacial score (nSPS) is 40.5. The Labute approximate surface area is 199 Å². The molecule has 4 nitrogen and oxygen atoms in total. The molecule has 0 amide bonds. The van der Waals surface area contributed by atoms with E-state index in [-0.39, 0.29) is 34.3 Å². The third kappa shape index (κ3) is 3.66. The van der Waals surface area contributed by atoms with Gasteiger partial charge < -0.3 is 18.8 Å². The van der Waals surface area contributed by atoms with E-state index in [0.717, 1.165) is 24.8 Å². The monoisotopic (exact) mass is 458 g/mol. The van der Waals surface area contributed by atoms with Gasteiger partial charge in [0.1, 0.15) is 11.6 Å². The fraction of sp³-hybridized carbons (Fsp3) is 0.778. The summed E-state index contributed by atoms with van der Waals surface area (Å²) in [5.74, 6) is 0.435. The van der Waals surface area contributed by atoms with Crippen LogP contribution < -0.4 is 10.2 Å². The second-order valence-corrected chi connectivity index (χ2v) is 13.8. The number of hydrogen-bond acceptors (Lipinski definition) is 4. The van der Waals surface area contributed by atoms with E-state index in [0.29, 0.717) is 11.2 Å². The Morgan fingerprint density at radius 2 is 1.30 bits per heavy atom. The van der Waals surface area contributed by atoms with Gasteiger partial charge in [-0.3, -0.25) is 0 Å². The SMILES string of the molecule is COCOc1c(B2OC(C)(C)C(C)(C)O2)cc(F)cc1C12CC3(C)CC(C)(CC(C)(C3)C1)C2. The van der Waals surface area contributed by atoms with Crippen LogP contribution in [0.2, 0.25) is 0 Å². The minimum Gasteiger partial charge on any atom is -0.468 e. The van der Waals surface area contributed by atoms with Crippen LogP contribution in [0.1, 0.15) is 92.6 Å². The fourth-order valence-electron chi connectivity index (χ4n) is 9.01. The van der Waals surface area contributed by atoms with E-state index in [2.05, 4.69) is 20.8 Å². The molecule has 5 fully saturated rings. The van der Waals surface area contributed by atoms with Crippen molar-refractivity contribution in [2.24, 2.45) is 16.2 Å². The van der Waals surface area contributed by atoms with Crippen LogP contribution in [0.15, 0.2) is 12.1 Å². The van der Waals surface area contributed by atoms with E-state index < -0.39 is 18.3 Å². The number of hydrogen-bond donors (Lipinski definition) is 0. The van der Waals surface area contributed by atoms with Crippen LogP contribution in [-0.4, -0.2) is 32.2 Å². The van der Waals surface area contributed by atoms with Crippen molar-refractivity contribution in [3.63, 3.8) is 0 Å². The molecule has 33 heavy (non-hydrogen) atoms. The van der Waals surface area contributed by atoms with E-state index in [9.17, 15) is 0 Å². The molecule has 1 heterocycles. The van der Waals surface area contributed by atoms with Gasteiger partial charge in [0.2, 0.25) is 0 Å². The van der Waals surface area contributed by atoms with Crippen LogP contribution in [0, 0.1) is 22.1 Å². The third-order valence-corrected chi connectivity index (χ3v) is 9.34. The molecule has 1 aromatic rings. The lowest BCUT2D eigenvalue weighted by Gasteiger charge is -2.69. The molecule has 1 aliphatic heterocycles. The Morgan fingerprint density at radius 1 is 0.818 bits per heavy atom. The van der Waals surface area contributed by atoms with Crippen LogP contribution in [0.5, 0.6) is 5.75 Å². The smallest absolute Gasteiger partial charge is 0.468 e. The molecule has 4 aliphatic carbocycles. The highest BCUT2D eigenvalue weighted by atomic mass is 19.1. The Balaban J connectivity index is 1.66. The number of ether oxygens (including phenoxy) is 2. The summed E-state index contributed by atoms with van der Waals surface area (Å²) in [6, 6.07) is 3.26. The molecule has 0 atom stereocenters. The van der Waals surface area contributed by atoms with Crippen molar-refractivity contribution in [2.75, 3.05) is 13.9 Å². The van der Waals surface area contributed by atoms with Crippen molar-refractivity contribution < 1.29 is 23.2 Å². The van der Waals surface area contributed by atoms with Gasteiger partial charge in [0.05, 0.1) is 11.2 Å². The first kappa shape index (κ1) is 23.6. The minimum atomic E-state index is -0.688. The van der Waals surface area contributed by atoms with Crippen molar-refractivity contribution in [1.29, 1.82) is 0 Å². The summed E-state index contributed by atoms with van der Waals surface area (Å²) in [6.07, 6.45) is 6.98. The molecular weight excluding hydrogens is 418 g/mol. The highest BCUT2D eigenvalue weighted by Crippen LogP contribution is 2.74. The summed E-state index contributed by atoms with van der Waals surface area (Å²) >= 11 is 0. The van der Waals surface area contributed by atoms with E-state index in [1.54, 1.807) is 13.2 Å². The van der Waals surface area contributed by atoms with Gasteiger partial charge in [0.25, 0.3) is 0 Å². The van der Waals surface area contributed by atoms with E-state index >= 15 is 4.39 Å². The molecule has 4 bridgehead atoms. The molecule has 1 saturated heterocycles. The lowest BCUT2D eigenvalue weighted by Crippen LogP contribution is -2.60. The van der Waals surface area contributed by atoms with Gasteiger partial charge in [-0.25, -0.2) is 4.39 Å². The summed E-state index contributed by atoms with van der Waals surface area (Å²) in [5, 5.41) is 0. The van der Waals surface area contributed by atoms with Gasteiger partial charge in [-0.2, -0.15) is 0 Å². The van der Waals surface area contributed by atoms with Crippen molar-refractivity contribution in [3.8, 4) is 5.75 Å². The Hall–Kier alpha value is -1.11. The Morgan fingerprint density at radius 3 is 1.76 bits per heavy atom. The summed E-state index contributed by atoms with van der Waals surface area (Å²) in [4.78, 5) is 0. The van der Waals surface area contributed by atoms with Gasteiger partial charge in [-0.15, -0.1) is 0 Å². The van der Waals surface area contributed by atoms with Crippen molar-refractivity contribution >= 4 is 12.6 Å². The first-order valence-corrected chi connectivity index (χ1v) is 12.4. The number of rotatable bonds is 5. The molecule has 0 aromatic heterocycles. The maximum absolute atomic E-state index is 15.3. The Bertz CT molecular complexity index is 904. The van der Waals surface area contributed by atoms with Crippen LogP contribution >= 0.6 is 0 Å². The van der Waals surface area contributed by atoms with Crippen molar-refractivity contribution in [1.82, 2.24) is 0 Å². The molecule has 6 heteroatoms. The zero-order valence-corrected chi connectivity index (χ0v) is 21.7. The predicted molar refractivity (Wildman–Crippen MR) is 128 cm³/mol. The zero-order chi connectivity index (χ0) is 24.1. The summed E-state index contributed by atoms with van der Waals surface area (Å²) < 4.78 is 39.6. The first-order valence-electron chi connectivity index (χ1n) is 12.4. The highest BCUT2D eigenvalue weighted by Gasteiger charge is 2.65. The van der Waals surface area contributed by atoms with E-state index in [1.807, 2.05) is 27.7 Å². The first-order chi connectivity index (χ1) is 15.1. The average molecular weight is 458 g/mol. The fourth-order valence-corrected chi connectivity index (χ4v) is 9.01. The largest absolute Gasteiger partial charge is 0.498 e. The number of halogens is 1. The lowest BCUT2D eigenvalue weighted by atomic mass is 9.35. The molecular formula is C27H40BFO4. The second-order valence-electron chi connectivity index (χ2n) is 13.8. The molecule has 1 aromatic carbocycles. The molecule has 5 aliphatic rings. The molecule has 4 saturated carbocycles. The summed E-state index contributed by atoms with van der Waals surface area (Å²) in [6.45, 7) is 15.5. The molecule has 182 valence electrons. The van der Waals surface area contributed by atoms with Crippen LogP contribution in [0.25, 0.3) is 0 Å². The standard InChI is InChI=1S/C27H40BFO4/c1-22(2)23(3,4)33-28(32-22)20-10-18(29)9-19(21(20)31-17-30-8)27-14-24(5)11-25(6,15-27)13-26(7,12-24)16-27/h9-10H,11-17H2,1-8H3. The van der Waals surface area contributed by atoms with Crippen molar-refractivity contribution in [3.05, 3.63) is 23.5 Å². The lowest BCUT2D eigenvalue weighted by molar-refractivity contribution is -0.152. The van der Waals surface area contributed by atoms with Crippen molar-refractivity contribution in [2.45, 2.75) is 104 Å². The summed E-state index contributed by atoms with van der Waals surface area (Å²) in [7, 11) is 0.929. The van der Waals surface area contributed by atoms with Crippen LogP contribution in [0.4, 0.5) is 4.39 Å². The van der Waals surface area contributed by atoms with E-state index in [1.165, 1.54) is 25.3 Å². The minimum absolute atomic E-state index is 0.104. The number of methoxy groups -OCH3 is 1. The Kier molecular flexibility index (Phi) is 5.00. The van der Waals surface area contributed by atoms with Gasteiger partial charge in [0.15, 0.2) is 6.79 Å². The maximum atomic E-state index is 15.3. The van der Waals surface area contributed by atoms with Gasteiger partial charge >= 0.3 is 7.12 Å². The van der Waals surface area contributed by atoms with Gasteiger partial charge in [-0.05, 0) is 94.6 Å². The maximum Gasteiger partial charge on any atom is 0.498 e. The topological polar surface area (TPSA) is 36.9 Å². The van der Waals surface area contributed by atoms with Crippen LogP contribution in [0.3, 0.4) is 0 Å². The van der Waals surface area contributed by atoms with E-state index in [4.69, 9.17) is 18.8 Å². The number of benzene rings is 1. The third-order valence-electron chi connectivity index (χ3n) is 9.34.